The fourth-order valence-electron chi connectivity index (χ4n) is 1.45. The lowest BCUT2D eigenvalue weighted by molar-refractivity contribution is 0.245. The molecule has 0 aliphatic rings. The Hall–Kier alpha value is -0.900. The molecule has 17 heavy (non-hydrogen) atoms. The Kier molecular flexibility index (Phi) is 4.15. The van der Waals surface area contributed by atoms with Gasteiger partial charge in [0.05, 0.1) is 6.10 Å². The standard InChI is InChI=1S/C14H13BrOS/c1-10(16)2-7-13-8-9-14(17-13)11-3-5-12(15)6-4-11/h2-10,16H,1H3/b7-2+. The molecule has 0 aliphatic carbocycles. The van der Waals surface area contributed by atoms with Gasteiger partial charge >= 0.3 is 0 Å². The highest BCUT2D eigenvalue weighted by molar-refractivity contribution is 9.10. The molecule has 0 amide bonds. The zero-order chi connectivity index (χ0) is 12.3. The van der Waals surface area contributed by atoms with Gasteiger partial charge in [-0.25, -0.2) is 0 Å². The molecule has 0 aliphatic heterocycles. The normalized spacial score (nSPS) is 13.1. The van der Waals surface area contributed by atoms with Crippen molar-refractivity contribution in [2.24, 2.45) is 0 Å². The summed E-state index contributed by atoms with van der Waals surface area (Å²) in [6, 6.07) is 12.5. The summed E-state index contributed by atoms with van der Waals surface area (Å²) in [6.45, 7) is 1.75. The van der Waals surface area contributed by atoms with Crippen LogP contribution in [0.4, 0.5) is 0 Å². The van der Waals surface area contributed by atoms with Gasteiger partial charge in [-0.15, -0.1) is 11.3 Å². The van der Waals surface area contributed by atoms with E-state index in [1.54, 1.807) is 24.3 Å². The lowest BCUT2D eigenvalue weighted by Crippen LogP contribution is -1.90. The van der Waals surface area contributed by atoms with Gasteiger partial charge in [0.15, 0.2) is 0 Å². The predicted molar refractivity (Wildman–Crippen MR) is 78.2 cm³/mol. The van der Waals surface area contributed by atoms with Crippen molar-refractivity contribution in [3.8, 4) is 10.4 Å². The highest BCUT2D eigenvalue weighted by Crippen LogP contribution is 2.29. The first-order valence-corrected chi connectivity index (χ1v) is 6.98. The Morgan fingerprint density at radius 1 is 1.18 bits per heavy atom. The van der Waals surface area contributed by atoms with Gasteiger partial charge in [-0.3, -0.25) is 0 Å². The Morgan fingerprint density at radius 3 is 2.53 bits per heavy atom. The maximum Gasteiger partial charge on any atom is 0.0696 e. The van der Waals surface area contributed by atoms with Gasteiger partial charge in [0.2, 0.25) is 0 Å². The second kappa shape index (κ2) is 5.63. The Bertz CT molecular complexity index is 511. The third-order valence-corrected chi connectivity index (χ3v) is 3.92. The van der Waals surface area contributed by atoms with Crippen LogP contribution < -0.4 is 0 Å². The first-order chi connectivity index (χ1) is 8.15. The van der Waals surface area contributed by atoms with Crippen molar-refractivity contribution in [3.05, 3.63) is 51.8 Å². The topological polar surface area (TPSA) is 20.2 Å². The molecule has 0 radical (unpaired) electrons. The summed E-state index contributed by atoms with van der Waals surface area (Å²) in [5, 5.41) is 9.18. The van der Waals surface area contributed by atoms with Crippen LogP contribution >= 0.6 is 27.3 Å². The van der Waals surface area contributed by atoms with E-state index in [2.05, 4.69) is 40.2 Å². The lowest BCUT2D eigenvalue weighted by Gasteiger charge is -1.96. The van der Waals surface area contributed by atoms with Crippen LogP contribution in [0, 0.1) is 0 Å². The SMILES string of the molecule is CC(O)/C=C/c1ccc(-c2ccc(Br)cc2)s1. The molecule has 0 saturated heterocycles. The minimum atomic E-state index is -0.395. The van der Waals surface area contributed by atoms with Gasteiger partial charge in [0, 0.05) is 14.2 Å². The van der Waals surface area contributed by atoms with E-state index in [0.717, 1.165) is 9.35 Å². The minimum Gasteiger partial charge on any atom is -0.389 e. The molecule has 88 valence electrons. The summed E-state index contributed by atoms with van der Waals surface area (Å²) in [5.41, 5.74) is 1.22. The Morgan fingerprint density at radius 2 is 1.88 bits per heavy atom. The molecule has 1 nitrogen and oxygen atoms in total. The Balaban J connectivity index is 2.21. The van der Waals surface area contributed by atoms with E-state index in [1.165, 1.54) is 10.4 Å². The van der Waals surface area contributed by atoms with Crippen LogP contribution in [-0.4, -0.2) is 11.2 Å². The molecule has 1 N–H and O–H groups in total. The maximum absolute atomic E-state index is 9.18. The van der Waals surface area contributed by atoms with Crippen molar-refractivity contribution in [2.45, 2.75) is 13.0 Å². The Labute approximate surface area is 114 Å². The van der Waals surface area contributed by atoms with Crippen LogP contribution in [0.25, 0.3) is 16.5 Å². The van der Waals surface area contributed by atoms with Gasteiger partial charge in [0.1, 0.15) is 0 Å². The smallest absolute Gasteiger partial charge is 0.0696 e. The van der Waals surface area contributed by atoms with Gasteiger partial charge in [-0.1, -0.05) is 34.1 Å². The van der Waals surface area contributed by atoms with Crippen LogP contribution in [0.1, 0.15) is 11.8 Å². The highest BCUT2D eigenvalue weighted by atomic mass is 79.9. The van der Waals surface area contributed by atoms with Crippen LogP contribution in [0.15, 0.2) is 46.9 Å². The number of halogens is 1. The zero-order valence-corrected chi connectivity index (χ0v) is 11.8. The van der Waals surface area contributed by atoms with E-state index >= 15 is 0 Å². The van der Waals surface area contributed by atoms with Crippen molar-refractivity contribution >= 4 is 33.3 Å². The number of hydrogen-bond acceptors (Lipinski definition) is 2. The second-order valence-electron chi connectivity index (χ2n) is 3.81. The first-order valence-electron chi connectivity index (χ1n) is 5.37. The fraction of sp³-hybridized carbons (Fsp3) is 0.143. The van der Waals surface area contributed by atoms with Crippen molar-refractivity contribution in [1.29, 1.82) is 0 Å². The van der Waals surface area contributed by atoms with Crippen molar-refractivity contribution in [3.63, 3.8) is 0 Å². The molecule has 1 atom stereocenters. The quantitative estimate of drug-likeness (QED) is 0.880. The zero-order valence-electron chi connectivity index (χ0n) is 9.43. The van der Waals surface area contributed by atoms with Gasteiger partial charge in [-0.05, 0) is 42.8 Å². The summed E-state index contributed by atoms with van der Waals surface area (Å²) in [7, 11) is 0. The monoisotopic (exact) mass is 308 g/mol. The molecule has 0 spiro atoms. The van der Waals surface area contributed by atoms with Crippen LogP contribution in [0.3, 0.4) is 0 Å². The average Bonchev–Trinajstić information content (AvgIpc) is 2.76. The molecule has 1 heterocycles. The number of hydrogen-bond donors (Lipinski definition) is 1. The summed E-state index contributed by atoms with van der Waals surface area (Å²) in [6.07, 6.45) is 3.35. The lowest BCUT2D eigenvalue weighted by atomic mass is 10.2. The summed E-state index contributed by atoms with van der Waals surface area (Å²) >= 11 is 5.15. The van der Waals surface area contributed by atoms with Crippen LogP contribution in [0.2, 0.25) is 0 Å². The maximum atomic E-state index is 9.18. The number of benzene rings is 1. The molecule has 2 rings (SSSR count). The van der Waals surface area contributed by atoms with Gasteiger partial charge < -0.3 is 5.11 Å². The molecule has 0 fully saturated rings. The van der Waals surface area contributed by atoms with E-state index in [1.807, 2.05) is 18.2 Å². The van der Waals surface area contributed by atoms with E-state index in [-0.39, 0.29) is 0 Å². The van der Waals surface area contributed by atoms with Crippen LogP contribution in [-0.2, 0) is 0 Å². The predicted octanol–water partition coefficient (Wildman–Crippen LogP) is 4.57. The fourth-order valence-corrected chi connectivity index (χ4v) is 2.64. The number of thiophene rings is 1. The molecule has 1 aromatic heterocycles. The number of aliphatic hydroxyl groups excluding tert-OH is 1. The average molecular weight is 309 g/mol. The van der Waals surface area contributed by atoms with Crippen molar-refractivity contribution < 1.29 is 5.11 Å². The largest absolute Gasteiger partial charge is 0.389 e. The molecule has 3 heteroatoms. The van der Waals surface area contributed by atoms with Gasteiger partial charge in [-0.2, -0.15) is 0 Å². The van der Waals surface area contributed by atoms with Crippen molar-refractivity contribution in [1.82, 2.24) is 0 Å². The molecule has 1 aromatic carbocycles. The van der Waals surface area contributed by atoms with E-state index < -0.39 is 6.10 Å². The summed E-state index contributed by atoms with van der Waals surface area (Å²) in [4.78, 5) is 2.39. The minimum absolute atomic E-state index is 0.395. The van der Waals surface area contributed by atoms with Crippen molar-refractivity contribution in [2.75, 3.05) is 0 Å². The molecular weight excluding hydrogens is 296 g/mol. The molecule has 0 bridgehead atoms. The van der Waals surface area contributed by atoms with E-state index in [4.69, 9.17) is 0 Å². The number of rotatable bonds is 3. The summed E-state index contributed by atoms with van der Waals surface area (Å²) < 4.78 is 1.09. The highest BCUT2D eigenvalue weighted by Gasteiger charge is 2.01. The molecule has 2 aromatic rings. The van der Waals surface area contributed by atoms with E-state index in [9.17, 15) is 5.11 Å². The second-order valence-corrected chi connectivity index (χ2v) is 5.84. The number of aliphatic hydroxyl groups is 1. The molecular formula is C14H13BrOS. The third-order valence-electron chi connectivity index (χ3n) is 2.29. The van der Waals surface area contributed by atoms with Gasteiger partial charge in [0.25, 0.3) is 0 Å². The summed E-state index contributed by atoms with van der Waals surface area (Å²) in [5.74, 6) is 0. The van der Waals surface area contributed by atoms with Crippen LogP contribution in [0.5, 0.6) is 0 Å². The first kappa shape index (κ1) is 12.6. The molecule has 0 saturated carbocycles. The molecule has 1 unspecified atom stereocenters. The van der Waals surface area contributed by atoms with E-state index in [0.29, 0.717) is 0 Å². The third kappa shape index (κ3) is 3.53.